The summed E-state index contributed by atoms with van der Waals surface area (Å²) in [6.45, 7) is 4.25. The van der Waals surface area contributed by atoms with Crippen molar-refractivity contribution in [1.29, 1.82) is 0 Å². The Hall–Kier alpha value is -2.11. The van der Waals surface area contributed by atoms with Crippen LogP contribution < -0.4 is 16.4 Å². The lowest BCUT2D eigenvalue weighted by atomic mass is 10.1. The number of rotatable bonds is 2. The minimum atomic E-state index is 0.00222. The highest BCUT2D eigenvalue weighted by Crippen LogP contribution is 2.25. The molecular weight excluding hydrogens is 206 g/mol. The highest BCUT2D eigenvalue weighted by Gasteiger charge is 2.29. The number of nitrogen functional groups attached to an aromatic ring is 2. The molecule has 1 amide bonds. The molecule has 2 heterocycles. The van der Waals surface area contributed by atoms with E-state index in [9.17, 15) is 4.79 Å². The van der Waals surface area contributed by atoms with Crippen LogP contribution in [-0.4, -0.2) is 22.4 Å². The summed E-state index contributed by atoms with van der Waals surface area (Å²) in [5.41, 5.74) is 11.0. The first kappa shape index (κ1) is 10.4. The zero-order valence-electron chi connectivity index (χ0n) is 8.76. The van der Waals surface area contributed by atoms with Crippen molar-refractivity contribution >= 4 is 23.5 Å². The molecule has 16 heavy (non-hydrogen) atoms. The number of hydrogen-bond acceptors (Lipinski definition) is 5. The van der Waals surface area contributed by atoms with Crippen molar-refractivity contribution < 1.29 is 4.79 Å². The topological polar surface area (TPSA) is 98.1 Å². The molecule has 1 aromatic rings. The van der Waals surface area contributed by atoms with Gasteiger partial charge < -0.3 is 11.5 Å². The molecule has 84 valence electrons. The number of carbonyl (C=O) groups excluding carboxylic acids is 1. The average molecular weight is 219 g/mol. The molecule has 0 aromatic carbocycles. The summed E-state index contributed by atoms with van der Waals surface area (Å²) in [6, 6.07) is 1.54. The number of hydrogen-bond donors (Lipinski definition) is 2. The molecule has 0 radical (unpaired) electrons. The molecule has 6 nitrogen and oxygen atoms in total. The Morgan fingerprint density at radius 3 is 2.81 bits per heavy atom. The first-order valence-electron chi connectivity index (χ1n) is 4.93. The third kappa shape index (κ3) is 1.81. The first-order valence-corrected chi connectivity index (χ1v) is 4.93. The van der Waals surface area contributed by atoms with Crippen LogP contribution in [0.4, 0.5) is 17.6 Å². The van der Waals surface area contributed by atoms with Crippen molar-refractivity contribution in [3.63, 3.8) is 0 Å². The van der Waals surface area contributed by atoms with E-state index in [1.807, 2.05) is 0 Å². The summed E-state index contributed by atoms with van der Waals surface area (Å²) in [6.07, 6.45) is 2.22. The zero-order valence-corrected chi connectivity index (χ0v) is 8.76. The maximum absolute atomic E-state index is 11.7. The lowest BCUT2D eigenvalue weighted by molar-refractivity contribution is -0.117. The lowest BCUT2D eigenvalue weighted by Crippen LogP contribution is -2.26. The standard InChI is InChI=1S/C10H13N5O/c1-2-6-3-9(16)15(5-6)8-4-7(11)13-10(12)14-8/h2,4,6H,1,3,5H2,(H4,11,12,13,14). The quantitative estimate of drug-likeness (QED) is 0.691. The van der Waals surface area contributed by atoms with Gasteiger partial charge in [0.2, 0.25) is 11.9 Å². The highest BCUT2D eigenvalue weighted by atomic mass is 16.2. The van der Waals surface area contributed by atoms with Crippen molar-refractivity contribution in [2.45, 2.75) is 6.42 Å². The van der Waals surface area contributed by atoms with Gasteiger partial charge in [0.15, 0.2) is 0 Å². The maximum Gasteiger partial charge on any atom is 0.228 e. The van der Waals surface area contributed by atoms with Gasteiger partial charge in [0.1, 0.15) is 11.6 Å². The molecule has 1 aliphatic heterocycles. The van der Waals surface area contributed by atoms with Gasteiger partial charge in [-0.05, 0) is 0 Å². The molecule has 0 saturated carbocycles. The van der Waals surface area contributed by atoms with Gasteiger partial charge >= 0.3 is 0 Å². The molecule has 2 rings (SSSR count). The van der Waals surface area contributed by atoms with E-state index in [1.54, 1.807) is 17.0 Å². The molecular formula is C10H13N5O. The van der Waals surface area contributed by atoms with E-state index < -0.39 is 0 Å². The molecule has 6 heteroatoms. The summed E-state index contributed by atoms with van der Waals surface area (Å²) >= 11 is 0. The average Bonchev–Trinajstić information content (AvgIpc) is 2.58. The summed E-state index contributed by atoms with van der Waals surface area (Å²) in [4.78, 5) is 21.0. The predicted molar refractivity (Wildman–Crippen MR) is 61.5 cm³/mol. The zero-order chi connectivity index (χ0) is 11.7. The molecule has 1 unspecified atom stereocenters. The molecule has 1 atom stereocenters. The van der Waals surface area contributed by atoms with Crippen LogP contribution in [-0.2, 0) is 4.79 Å². The monoisotopic (exact) mass is 219 g/mol. The molecule has 0 aliphatic carbocycles. The highest BCUT2D eigenvalue weighted by molar-refractivity contribution is 5.95. The van der Waals surface area contributed by atoms with E-state index in [-0.39, 0.29) is 23.6 Å². The van der Waals surface area contributed by atoms with E-state index in [4.69, 9.17) is 11.5 Å². The van der Waals surface area contributed by atoms with Crippen molar-refractivity contribution in [2.75, 3.05) is 22.9 Å². The summed E-state index contributed by atoms with van der Waals surface area (Å²) < 4.78 is 0. The van der Waals surface area contributed by atoms with Crippen LogP contribution in [0.25, 0.3) is 0 Å². The second kappa shape index (κ2) is 3.80. The summed E-state index contributed by atoms with van der Waals surface area (Å²) in [7, 11) is 0. The number of anilines is 3. The molecule has 1 saturated heterocycles. The van der Waals surface area contributed by atoms with Gasteiger partial charge in [-0.15, -0.1) is 6.58 Å². The predicted octanol–water partition coefficient (Wildman–Crippen LogP) is 0.180. The van der Waals surface area contributed by atoms with Crippen LogP contribution in [0.1, 0.15) is 6.42 Å². The smallest absolute Gasteiger partial charge is 0.228 e. The number of nitrogens with zero attached hydrogens (tertiary/aromatic N) is 3. The van der Waals surface area contributed by atoms with E-state index in [2.05, 4.69) is 16.5 Å². The van der Waals surface area contributed by atoms with Gasteiger partial charge in [-0.2, -0.15) is 9.97 Å². The molecule has 4 N–H and O–H groups in total. The fourth-order valence-corrected chi connectivity index (χ4v) is 1.72. The number of carbonyl (C=O) groups is 1. The Kier molecular flexibility index (Phi) is 2.47. The Balaban J connectivity index is 2.30. The Bertz CT molecular complexity index is 425. The van der Waals surface area contributed by atoms with E-state index in [1.165, 1.54) is 0 Å². The minimum absolute atomic E-state index is 0.00222. The first-order chi connectivity index (χ1) is 7.60. The van der Waals surface area contributed by atoms with Gasteiger partial charge in [-0.25, -0.2) is 0 Å². The summed E-state index contributed by atoms with van der Waals surface area (Å²) in [5, 5.41) is 0. The Morgan fingerprint density at radius 2 is 2.25 bits per heavy atom. The van der Waals surface area contributed by atoms with Crippen molar-refractivity contribution in [3.05, 3.63) is 18.7 Å². The van der Waals surface area contributed by atoms with Gasteiger partial charge in [-0.1, -0.05) is 6.08 Å². The third-order valence-electron chi connectivity index (χ3n) is 2.51. The maximum atomic E-state index is 11.7. The number of amides is 1. The van der Waals surface area contributed by atoms with E-state index >= 15 is 0 Å². The second-order valence-corrected chi connectivity index (χ2v) is 3.71. The normalized spacial score (nSPS) is 20.1. The van der Waals surface area contributed by atoms with E-state index in [0.717, 1.165) is 0 Å². The van der Waals surface area contributed by atoms with Crippen LogP contribution in [0.3, 0.4) is 0 Å². The second-order valence-electron chi connectivity index (χ2n) is 3.71. The summed E-state index contributed by atoms with van der Waals surface area (Å²) in [5.74, 6) is 0.953. The van der Waals surface area contributed by atoms with Crippen LogP contribution in [0.5, 0.6) is 0 Å². The van der Waals surface area contributed by atoms with Crippen LogP contribution in [0.2, 0.25) is 0 Å². The number of aromatic nitrogens is 2. The van der Waals surface area contributed by atoms with Gasteiger partial charge in [0.25, 0.3) is 0 Å². The van der Waals surface area contributed by atoms with Gasteiger partial charge in [-0.3, -0.25) is 9.69 Å². The van der Waals surface area contributed by atoms with Gasteiger partial charge in [0, 0.05) is 24.9 Å². The van der Waals surface area contributed by atoms with Crippen LogP contribution in [0.15, 0.2) is 18.7 Å². The van der Waals surface area contributed by atoms with Crippen molar-refractivity contribution in [2.24, 2.45) is 5.92 Å². The minimum Gasteiger partial charge on any atom is -0.383 e. The van der Waals surface area contributed by atoms with Crippen molar-refractivity contribution in [3.8, 4) is 0 Å². The largest absolute Gasteiger partial charge is 0.383 e. The Morgan fingerprint density at radius 1 is 1.50 bits per heavy atom. The SMILES string of the molecule is C=CC1CC(=O)N(c2cc(N)nc(N)n2)C1. The Labute approximate surface area is 93.0 Å². The van der Waals surface area contributed by atoms with Crippen LogP contribution >= 0.6 is 0 Å². The van der Waals surface area contributed by atoms with Crippen LogP contribution in [0, 0.1) is 5.92 Å². The fourth-order valence-electron chi connectivity index (χ4n) is 1.72. The molecule has 1 aliphatic rings. The van der Waals surface area contributed by atoms with E-state index in [0.29, 0.717) is 18.8 Å². The molecule has 1 aromatic heterocycles. The fraction of sp³-hybridized carbons (Fsp3) is 0.300. The van der Waals surface area contributed by atoms with Gasteiger partial charge in [0.05, 0.1) is 0 Å². The molecule has 0 bridgehead atoms. The third-order valence-corrected chi connectivity index (χ3v) is 2.51. The lowest BCUT2D eigenvalue weighted by Gasteiger charge is -2.15. The molecule has 1 fully saturated rings. The molecule has 0 spiro atoms. The van der Waals surface area contributed by atoms with Crippen molar-refractivity contribution in [1.82, 2.24) is 9.97 Å². The number of nitrogens with two attached hydrogens (primary N) is 2.